The van der Waals surface area contributed by atoms with Gasteiger partial charge in [-0.2, -0.15) is 0 Å². The summed E-state index contributed by atoms with van der Waals surface area (Å²) in [7, 11) is 0. The van der Waals surface area contributed by atoms with Crippen LogP contribution in [0, 0.1) is 0 Å². The normalized spacial score (nSPS) is 18.1. The van der Waals surface area contributed by atoms with Crippen LogP contribution in [0.5, 0.6) is 5.75 Å². The lowest BCUT2D eigenvalue weighted by atomic mass is 10.1. The third-order valence-corrected chi connectivity index (χ3v) is 5.10. The van der Waals surface area contributed by atoms with Crippen molar-refractivity contribution < 1.29 is 14.3 Å². The Labute approximate surface area is 151 Å². The van der Waals surface area contributed by atoms with E-state index in [2.05, 4.69) is 23.3 Å². The maximum absolute atomic E-state index is 11.6. The molecule has 6 heteroatoms. The second-order valence-corrected chi connectivity index (χ2v) is 7.07. The zero-order chi connectivity index (χ0) is 17.8. The lowest BCUT2D eigenvalue weighted by Crippen LogP contribution is -2.25. The number of aromatic nitrogens is 1. The van der Waals surface area contributed by atoms with Gasteiger partial charge in [0, 0.05) is 6.20 Å². The van der Waals surface area contributed by atoms with Gasteiger partial charge in [0.25, 0.3) is 5.24 Å². The minimum absolute atomic E-state index is 0.143. The van der Waals surface area contributed by atoms with Gasteiger partial charge >= 0.3 is 0 Å². The van der Waals surface area contributed by atoms with Crippen molar-refractivity contribution in [2.45, 2.75) is 38.0 Å². The summed E-state index contributed by atoms with van der Waals surface area (Å²) < 4.78 is 6.00. The average Bonchev–Trinajstić information content (AvgIpc) is 2.93. The van der Waals surface area contributed by atoms with Gasteiger partial charge in [-0.05, 0) is 49.1 Å². The van der Waals surface area contributed by atoms with E-state index in [0.29, 0.717) is 6.42 Å². The summed E-state index contributed by atoms with van der Waals surface area (Å²) >= 11 is 1.05. The van der Waals surface area contributed by atoms with E-state index in [1.165, 1.54) is 5.56 Å². The molecule has 3 rings (SSSR count). The lowest BCUT2D eigenvalue weighted by Gasteiger charge is -2.17. The van der Waals surface area contributed by atoms with Crippen LogP contribution in [0.2, 0.25) is 0 Å². The predicted molar refractivity (Wildman–Crippen MR) is 97.7 cm³/mol. The topological polar surface area (TPSA) is 68.3 Å². The molecule has 0 spiro atoms. The van der Waals surface area contributed by atoms with Gasteiger partial charge in [-0.25, -0.2) is 0 Å². The van der Waals surface area contributed by atoms with Crippen molar-refractivity contribution in [3.05, 3.63) is 59.4 Å². The van der Waals surface area contributed by atoms with E-state index in [0.717, 1.165) is 35.2 Å². The van der Waals surface area contributed by atoms with Gasteiger partial charge in [-0.15, -0.1) is 0 Å². The van der Waals surface area contributed by atoms with Gasteiger partial charge in [0.2, 0.25) is 5.91 Å². The Balaban J connectivity index is 1.64. The van der Waals surface area contributed by atoms with Crippen LogP contribution in [0.25, 0.3) is 0 Å². The summed E-state index contributed by atoms with van der Waals surface area (Å²) in [6.07, 6.45) is 3.08. The number of nitrogens with one attached hydrogen (secondary N) is 1. The fraction of sp³-hybridized carbons (Fsp3) is 0.316. The van der Waals surface area contributed by atoms with Gasteiger partial charge in [0.15, 0.2) is 0 Å². The van der Waals surface area contributed by atoms with E-state index >= 15 is 0 Å². The smallest absolute Gasteiger partial charge is 0.286 e. The molecule has 1 fully saturated rings. The van der Waals surface area contributed by atoms with E-state index in [-0.39, 0.29) is 22.5 Å². The minimum atomic E-state index is -0.348. The Kier molecular flexibility index (Phi) is 5.38. The van der Waals surface area contributed by atoms with E-state index in [4.69, 9.17) is 4.74 Å². The maximum atomic E-state index is 11.6. The number of aryl methyl sites for hydroxylation is 1. The maximum Gasteiger partial charge on any atom is 0.286 e. The molecule has 0 bridgehead atoms. The number of pyridine rings is 1. The molecule has 0 saturated carbocycles. The number of carbonyl (C=O) groups excluding carboxylic acids is 2. The first-order valence-electron chi connectivity index (χ1n) is 8.27. The largest absolute Gasteiger partial charge is 0.484 e. The first-order valence-corrected chi connectivity index (χ1v) is 9.15. The third-order valence-electron chi connectivity index (χ3n) is 4.12. The predicted octanol–water partition coefficient (Wildman–Crippen LogP) is 3.68. The molecule has 25 heavy (non-hydrogen) atoms. The van der Waals surface area contributed by atoms with Crippen molar-refractivity contribution in [2.75, 3.05) is 0 Å². The molecular formula is C19H20N2O3S. The molecule has 2 unspecified atom stereocenters. The number of ether oxygens (including phenoxy) is 1. The van der Waals surface area contributed by atoms with Crippen molar-refractivity contribution >= 4 is 22.9 Å². The number of rotatable bonds is 6. The van der Waals surface area contributed by atoms with Crippen molar-refractivity contribution in [3.8, 4) is 5.75 Å². The molecular weight excluding hydrogens is 336 g/mol. The summed E-state index contributed by atoms with van der Waals surface area (Å²) in [5.41, 5.74) is 3.13. The highest BCUT2D eigenvalue weighted by atomic mass is 32.2. The number of nitrogens with zero attached hydrogens (tertiary/aromatic N) is 1. The van der Waals surface area contributed by atoms with Crippen LogP contribution in [0.4, 0.5) is 4.79 Å². The van der Waals surface area contributed by atoms with Gasteiger partial charge in [0.1, 0.15) is 11.9 Å². The summed E-state index contributed by atoms with van der Waals surface area (Å²) in [4.78, 5) is 27.3. The van der Waals surface area contributed by atoms with Crippen LogP contribution in [-0.4, -0.2) is 21.4 Å². The molecule has 1 aliphatic heterocycles. The number of hydrogen-bond acceptors (Lipinski definition) is 5. The second kappa shape index (κ2) is 7.70. The summed E-state index contributed by atoms with van der Waals surface area (Å²) in [5.74, 6) is 0.537. The molecule has 1 aromatic carbocycles. The van der Waals surface area contributed by atoms with E-state index in [9.17, 15) is 9.59 Å². The lowest BCUT2D eigenvalue weighted by molar-refractivity contribution is -0.118. The molecule has 0 radical (unpaired) electrons. The Bertz CT molecular complexity index is 776. The molecule has 2 atom stereocenters. The van der Waals surface area contributed by atoms with Gasteiger partial charge in [-0.1, -0.05) is 36.9 Å². The van der Waals surface area contributed by atoms with Crippen molar-refractivity contribution in [3.63, 3.8) is 0 Å². The van der Waals surface area contributed by atoms with Crippen molar-refractivity contribution in [2.24, 2.45) is 0 Å². The Morgan fingerprint density at radius 2 is 2.00 bits per heavy atom. The average molecular weight is 356 g/mol. The number of benzene rings is 1. The summed E-state index contributed by atoms with van der Waals surface area (Å²) in [5, 5.41) is 1.69. The second-order valence-electron chi connectivity index (χ2n) is 5.89. The van der Waals surface area contributed by atoms with Crippen LogP contribution in [0.3, 0.4) is 0 Å². The molecule has 2 heterocycles. The molecule has 0 aliphatic carbocycles. The third kappa shape index (κ3) is 4.20. The fourth-order valence-electron chi connectivity index (χ4n) is 2.82. The SMILES string of the molecule is CCc1cccnc1C(C)Oc1ccc(CC2SC(=O)NC2=O)cc1. The number of carbonyl (C=O) groups is 2. The Hall–Kier alpha value is -2.34. The molecule has 1 N–H and O–H groups in total. The Morgan fingerprint density at radius 3 is 2.64 bits per heavy atom. The molecule has 130 valence electrons. The number of imide groups is 1. The summed E-state index contributed by atoms with van der Waals surface area (Å²) in [6, 6.07) is 11.6. The van der Waals surface area contributed by atoms with Crippen LogP contribution < -0.4 is 10.1 Å². The Morgan fingerprint density at radius 1 is 1.24 bits per heavy atom. The summed E-state index contributed by atoms with van der Waals surface area (Å²) in [6.45, 7) is 4.09. The number of amides is 2. The van der Waals surface area contributed by atoms with E-state index in [1.54, 1.807) is 6.20 Å². The molecule has 1 saturated heterocycles. The van der Waals surface area contributed by atoms with Crippen LogP contribution >= 0.6 is 11.8 Å². The standard InChI is InChI=1S/C19H20N2O3S/c1-3-14-5-4-10-20-17(14)12(2)24-15-8-6-13(7-9-15)11-16-18(22)21-19(23)25-16/h4-10,12,16H,3,11H2,1-2H3,(H,21,22,23). The molecule has 2 aromatic rings. The van der Waals surface area contributed by atoms with Crippen LogP contribution in [0.1, 0.15) is 36.8 Å². The van der Waals surface area contributed by atoms with E-state index < -0.39 is 0 Å². The molecule has 2 amide bonds. The quantitative estimate of drug-likeness (QED) is 0.855. The van der Waals surface area contributed by atoms with Crippen LogP contribution in [0.15, 0.2) is 42.6 Å². The van der Waals surface area contributed by atoms with E-state index in [1.807, 2.05) is 37.3 Å². The number of hydrogen-bond donors (Lipinski definition) is 1. The van der Waals surface area contributed by atoms with Gasteiger partial charge < -0.3 is 4.74 Å². The van der Waals surface area contributed by atoms with Crippen molar-refractivity contribution in [1.82, 2.24) is 10.3 Å². The van der Waals surface area contributed by atoms with Crippen molar-refractivity contribution in [1.29, 1.82) is 0 Å². The molecule has 1 aromatic heterocycles. The highest BCUT2D eigenvalue weighted by Crippen LogP contribution is 2.26. The highest BCUT2D eigenvalue weighted by molar-refractivity contribution is 8.15. The first kappa shape index (κ1) is 17.5. The van der Waals surface area contributed by atoms with Crippen LogP contribution in [-0.2, 0) is 17.6 Å². The minimum Gasteiger partial charge on any atom is -0.484 e. The highest BCUT2D eigenvalue weighted by Gasteiger charge is 2.31. The number of thioether (sulfide) groups is 1. The zero-order valence-corrected chi connectivity index (χ0v) is 15.0. The van der Waals surface area contributed by atoms with Gasteiger partial charge in [0.05, 0.1) is 10.9 Å². The first-order chi connectivity index (χ1) is 12.1. The van der Waals surface area contributed by atoms with Gasteiger partial charge in [-0.3, -0.25) is 19.9 Å². The zero-order valence-electron chi connectivity index (χ0n) is 14.2. The monoisotopic (exact) mass is 356 g/mol. The fourth-order valence-corrected chi connectivity index (χ4v) is 3.68. The molecule has 5 nitrogen and oxygen atoms in total. The molecule has 1 aliphatic rings.